The van der Waals surface area contributed by atoms with Gasteiger partial charge in [-0.1, -0.05) is 46.6 Å². The van der Waals surface area contributed by atoms with E-state index in [0.717, 1.165) is 48.2 Å². The van der Waals surface area contributed by atoms with Crippen LogP contribution in [-0.2, 0) is 42.2 Å². The molecule has 5 atom stereocenters. The summed E-state index contributed by atoms with van der Waals surface area (Å²) >= 11 is 1.57. The van der Waals surface area contributed by atoms with Crippen molar-refractivity contribution in [3.63, 3.8) is 0 Å². The number of hydrogen-bond donors (Lipinski definition) is 3. The van der Waals surface area contributed by atoms with Gasteiger partial charge in [-0.25, -0.2) is 23.2 Å². The van der Waals surface area contributed by atoms with Gasteiger partial charge < -0.3 is 34.5 Å². The molecule has 2 saturated carbocycles. The number of pyridine rings is 1. The molecule has 4 bridgehead atoms. The van der Waals surface area contributed by atoms with Gasteiger partial charge in [-0.2, -0.15) is 0 Å². The Morgan fingerprint density at radius 1 is 1.15 bits per heavy atom. The standard InChI is InChI=1S/C44H58N6O10S2/c1-8-28-20-44(28,41(53)49-62(7,55)56)48-38(51)33-17-30-21-50(33)40(52)37(26-12-9-10-13-26)47-42(54)59-24-43(4,5)15-11-14-27-16-31-32(18-34(27)57-6)46-36(19-35(31)60-30)58-22-29-23-61-39(45-29)25(2)3/h8,16,18-19,23,25-26,28,30,33,37H,1,9-15,17,20-22,24H2,2-7H3,(H,47,54)(H,48,51)(H,49,53)/t28-,30-,33+,37+,44-/m1/s1. The Balaban J connectivity index is 1.28. The molecule has 0 spiro atoms. The van der Waals surface area contributed by atoms with Crippen LogP contribution in [-0.4, -0.2) is 97.3 Å². The molecule has 336 valence electrons. The number of thiazole rings is 1. The first-order chi connectivity index (χ1) is 29.4. The predicted molar refractivity (Wildman–Crippen MR) is 232 cm³/mol. The van der Waals surface area contributed by atoms with Crippen LogP contribution in [0.5, 0.6) is 17.4 Å². The molecule has 2 aliphatic heterocycles. The fourth-order valence-corrected chi connectivity index (χ4v) is 10.2. The van der Waals surface area contributed by atoms with Gasteiger partial charge in [0.05, 0.1) is 42.7 Å². The Labute approximate surface area is 366 Å². The third-order valence-corrected chi connectivity index (χ3v) is 14.1. The average molecular weight is 895 g/mol. The lowest BCUT2D eigenvalue weighted by Crippen LogP contribution is -2.59. The Morgan fingerprint density at radius 2 is 1.90 bits per heavy atom. The number of alkyl carbamates (subject to hydrolysis) is 1. The zero-order valence-electron chi connectivity index (χ0n) is 36.3. The van der Waals surface area contributed by atoms with E-state index in [-0.39, 0.29) is 50.3 Å². The van der Waals surface area contributed by atoms with Crippen LogP contribution in [0.1, 0.15) is 101 Å². The number of amides is 4. The van der Waals surface area contributed by atoms with Gasteiger partial charge >= 0.3 is 6.09 Å². The number of fused-ring (bicyclic) bond motifs is 3. The van der Waals surface area contributed by atoms with E-state index in [2.05, 4.69) is 31.1 Å². The van der Waals surface area contributed by atoms with Crippen molar-refractivity contribution in [1.29, 1.82) is 0 Å². The number of hydrogen-bond acceptors (Lipinski definition) is 13. The summed E-state index contributed by atoms with van der Waals surface area (Å²) in [7, 11) is -2.36. The molecule has 1 aromatic carbocycles. The summed E-state index contributed by atoms with van der Waals surface area (Å²) in [6.07, 6.45) is 6.27. The van der Waals surface area contributed by atoms with Crippen LogP contribution in [0.4, 0.5) is 4.79 Å². The molecule has 3 aromatic rings. The molecular weight excluding hydrogens is 837 g/mol. The number of methoxy groups -OCH3 is 1. The minimum atomic E-state index is -3.96. The maximum absolute atomic E-state index is 14.9. The van der Waals surface area contributed by atoms with Gasteiger partial charge in [0, 0.05) is 41.2 Å². The number of ether oxygens (including phenoxy) is 4. The summed E-state index contributed by atoms with van der Waals surface area (Å²) in [5.41, 5.74) is 0.245. The predicted octanol–water partition coefficient (Wildman–Crippen LogP) is 5.53. The zero-order chi connectivity index (χ0) is 44.6. The third kappa shape index (κ3) is 10.1. The van der Waals surface area contributed by atoms with Crippen molar-refractivity contribution in [2.24, 2.45) is 17.3 Å². The first-order valence-electron chi connectivity index (χ1n) is 21.3. The molecule has 16 nitrogen and oxygen atoms in total. The van der Waals surface area contributed by atoms with Crippen molar-refractivity contribution < 1.29 is 46.5 Å². The third-order valence-electron chi connectivity index (χ3n) is 12.4. The highest BCUT2D eigenvalue weighted by atomic mass is 32.2. The van der Waals surface area contributed by atoms with Crippen LogP contribution >= 0.6 is 11.3 Å². The van der Waals surface area contributed by atoms with Crippen molar-refractivity contribution in [2.45, 2.75) is 122 Å². The molecular formula is C44H58N6O10S2. The van der Waals surface area contributed by atoms with Gasteiger partial charge in [0.25, 0.3) is 5.91 Å². The van der Waals surface area contributed by atoms with E-state index >= 15 is 0 Å². The molecule has 2 aliphatic carbocycles. The fraction of sp³-hybridized carbons (Fsp3) is 0.591. The number of benzene rings is 1. The molecule has 2 aromatic heterocycles. The maximum atomic E-state index is 14.9. The lowest BCUT2D eigenvalue weighted by Gasteiger charge is -2.32. The molecule has 3 N–H and O–H groups in total. The highest BCUT2D eigenvalue weighted by molar-refractivity contribution is 7.89. The number of carbonyl (C=O) groups is 4. The van der Waals surface area contributed by atoms with Gasteiger partial charge in [-0.15, -0.1) is 17.9 Å². The van der Waals surface area contributed by atoms with E-state index in [1.807, 2.05) is 36.1 Å². The zero-order valence-corrected chi connectivity index (χ0v) is 37.9. The van der Waals surface area contributed by atoms with Crippen molar-refractivity contribution >= 4 is 56.1 Å². The van der Waals surface area contributed by atoms with E-state index in [4.69, 9.17) is 28.9 Å². The summed E-state index contributed by atoms with van der Waals surface area (Å²) in [4.78, 5) is 67.3. The van der Waals surface area contributed by atoms with E-state index in [1.54, 1.807) is 24.5 Å². The molecule has 4 amide bonds. The Morgan fingerprint density at radius 3 is 2.56 bits per heavy atom. The topological polar surface area (TPSA) is 204 Å². The molecule has 0 unspecified atom stereocenters. The van der Waals surface area contributed by atoms with Gasteiger partial charge in [0.15, 0.2) is 0 Å². The number of nitrogens with zero attached hydrogens (tertiary/aromatic N) is 3. The van der Waals surface area contributed by atoms with Gasteiger partial charge in [-0.3, -0.25) is 19.1 Å². The second kappa shape index (κ2) is 18.0. The fourth-order valence-electron chi connectivity index (χ4n) is 8.86. The molecule has 4 heterocycles. The minimum absolute atomic E-state index is 0.00987. The summed E-state index contributed by atoms with van der Waals surface area (Å²) in [6.45, 7) is 12.2. The molecule has 1 saturated heterocycles. The summed E-state index contributed by atoms with van der Waals surface area (Å²) in [5, 5.41) is 9.32. The average Bonchev–Trinajstić information content (AvgIpc) is 3.67. The summed E-state index contributed by atoms with van der Waals surface area (Å²) < 4.78 is 51.0. The number of aryl methyl sites for hydroxylation is 1. The van der Waals surface area contributed by atoms with Crippen LogP contribution in [0.3, 0.4) is 0 Å². The van der Waals surface area contributed by atoms with Crippen molar-refractivity contribution in [3.05, 3.63) is 52.5 Å². The van der Waals surface area contributed by atoms with Gasteiger partial charge in [0.2, 0.25) is 27.7 Å². The van der Waals surface area contributed by atoms with Crippen molar-refractivity contribution in [3.8, 4) is 17.4 Å². The number of cyclic esters (lactones) is 1. The quantitative estimate of drug-likeness (QED) is 0.203. The lowest BCUT2D eigenvalue weighted by molar-refractivity contribution is -0.142. The van der Waals surface area contributed by atoms with E-state index in [1.165, 1.54) is 11.0 Å². The first kappa shape index (κ1) is 45.1. The Bertz CT molecular complexity index is 2330. The highest BCUT2D eigenvalue weighted by Gasteiger charge is 2.61. The van der Waals surface area contributed by atoms with Crippen LogP contribution in [0.15, 0.2) is 36.2 Å². The first-order valence-corrected chi connectivity index (χ1v) is 24.1. The van der Waals surface area contributed by atoms with Crippen LogP contribution in [0.25, 0.3) is 10.9 Å². The summed E-state index contributed by atoms with van der Waals surface area (Å²) in [6, 6.07) is 3.38. The normalized spacial score (nSPS) is 25.6. The van der Waals surface area contributed by atoms with Crippen LogP contribution in [0, 0.1) is 17.3 Å². The minimum Gasteiger partial charge on any atom is -0.496 e. The lowest BCUT2D eigenvalue weighted by atomic mass is 9.87. The molecule has 4 aliphatic rings. The largest absolute Gasteiger partial charge is 0.496 e. The van der Waals surface area contributed by atoms with E-state index < -0.39 is 68.9 Å². The Hall–Kier alpha value is -4.97. The monoisotopic (exact) mass is 894 g/mol. The Kier molecular flexibility index (Phi) is 13.1. The molecule has 7 rings (SSSR count). The second-order valence-corrected chi connectivity index (χ2v) is 20.9. The van der Waals surface area contributed by atoms with E-state index in [9.17, 15) is 27.6 Å². The number of carbonyl (C=O) groups excluding carboxylic acids is 4. The second-order valence-electron chi connectivity index (χ2n) is 18.2. The summed E-state index contributed by atoms with van der Waals surface area (Å²) in [5.74, 6) is -1.19. The number of aromatic nitrogens is 2. The van der Waals surface area contributed by atoms with Crippen LogP contribution in [0.2, 0.25) is 0 Å². The number of nitrogens with one attached hydrogen (secondary N) is 3. The number of rotatable bonds is 11. The molecule has 0 radical (unpaired) electrons. The SMILES string of the molecule is C=C[C@@H]1C[C@]1(NC(=O)[C@@H]1C[C@@H]2CN1C(=O)[C@H](C1CCCC1)NC(=O)OCC(C)(C)CCCc1cc3c(cc(OCc4csc(C(C)C)n4)nc3cc1OC)O2)C(=O)NS(C)(=O)=O. The molecule has 62 heavy (non-hydrogen) atoms. The maximum Gasteiger partial charge on any atom is 0.407 e. The number of sulfonamides is 1. The van der Waals surface area contributed by atoms with Gasteiger partial charge in [0.1, 0.15) is 41.8 Å². The smallest absolute Gasteiger partial charge is 0.407 e. The van der Waals surface area contributed by atoms with E-state index in [0.29, 0.717) is 41.7 Å². The van der Waals surface area contributed by atoms with Crippen molar-refractivity contribution in [2.75, 3.05) is 26.5 Å². The van der Waals surface area contributed by atoms with Crippen molar-refractivity contribution in [1.82, 2.24) is 30.2 Å². The van der Waals surface area contributed by atoms with Gasteiger partial charge in [-0.05, 0) is 61.5 Å². The molecule has 3 fully saturated rings. The highest BCUT2D eigenvalue weighted by Crippen LogP contribution is 2.45. The van der Waals surface area contributed by atoms with Crippen LogP contribution < -0.4 is 29.6 Å². The molecule has 18 heteroatoms.